The van der Waals surface area contributed by atoms with Gasteiger partial charge in [-0.1, -0.05) is 220 Å². The molecule has 84 heavy (non-hydrogen) atoms. The van der Waals surface area contributed by atoms with Crippen molar-refractivity contribution in [3.05, 3.63) is 192 Å². The minimum Gasteiger partial charge on any atom is -0.473 e. The first-order valence-electron chi connectivity index (χ1n) is 29.2. The van der Waals surface area contributed by atoms with E-state index in [-0.39, 0.29) is 0 Å². The molecule has 0 unspecified atom stereocenters. The largest absolute Gasteiger partial charge is 0.473 e. The van der Waals surface area contributed by atoms with Gasteiger partial charge in [0.2, 0.25) is 12.8 Å². The second-order valence-corrected chi connectivity index (χ2v) is 12.0. The Morgan fingerprint density at radius 2 is 0.964 bits per heavy atom. The van der Waals surface area contributed by atoms with Gasteiger partial charge in [-0.2, -0.15) is 21.5 Å². The molecular weight excluding hydrogens is 1130 g/mol. The van der Waals surface area contributed by atoms with Crippen LogP contribution in [0.5, 0.6) is 0 Å². The number of allylic oxidation sites excluding steroid dienone is 7. The zero-order valence-corrected chi connectivity index (χ0v) is 59.9. The predicted octanol–water partition coefficient (Wildman–Crippen LogP) is 23.7. The highest BCUT2D eigenvalue weighted by atomic mass is 32.1. The molecule has 1 N–H and O–H groups in total. The van der Waals surface area contributed by atoms with Crippen LogP contribution in [0.2, 0.25) is 0 Å². The summed E-state index contributed by atoms with van der Waals surface area (Å²) in [6, 6.07) is 11.3. The molecule has 0 spiro atoms. The van der Waals surface area contributed by atoms with E-state index in [2.05, 4.69) is 97.2 Å². The predicted molar refractivity (Wildman–Crippen MR) is 381 cm³/mol. The number of nitrogens with zero attached hydrogens (tertiary/aromatic N) is 11. The van der Waals surface area contributed by atoms with Gasteiger partial charge < -0.3 is 23.2 Å². The second-order valence-electron chi connectivity index (χ2n) is 9.04. The van der Waals surface area contributed by atoms with Crippen LogP contribution in [0.3, 0.4) is 0 Å². The Bertz CT molecular complexity index is 1430. The SMILES string of the molecule is C/C=C\C=N.C1=CCC=C1.C1=CN=CC1.C1=NN=CC1.CC.CC.CC.CC.CC.CC.CC.CC.CC.CC.CC.CC.c1ccoc1.c1ccsc1.c1cnoc1.c1cnsc1.c1cocn1.c1cscn1.c1nnco1.c1nncs1. The number of hydrogen-bond acceptors (Lipinski definition) is 20. The van der Waals surface area contributed by atoms with Crippen LogP contribution in [-0.4, -0.2) is 64.8 Å². The first kappa shape index (κ1) is 109. The van der Waals surface area contributed by atoms with Crippen molar-refractivity contribution in [2.45, 2.75) is 192 Å². The number of thiophene rings is 1. The number of nitrogens with one attached hydrogen (secondary N) is 1. The molecule has 8 aromatic heterocycles. The van der Waals surface area contributed by atoms with Gasteiger partial charge >= 0.3 is 0 Å². The molecule has 0 aromatic carbocycles. The van der Waals surface area contributed by atoms with Crippen LogP contribution in [0.25, 0.3) is 0 Å². The van der Waals surface area contributed by atoms with Crippen LogP contribution < -0.4 is 0 Å². The highest BCUT2D eigenvalue weighted by Gasteiger charge is 1.75. The van der Waals surface area contributed by atoms with Crippen LogP contribution in [0.4, 0.5) is 0 Å². The molecule has 8 aromatic rings. The molecule has 2 aliphatic heterocycles. The van der Waals surface area contributed by atoms with Crippen LogP contribution in [0.15, 0.2) is 225 Å². The molecule has 1 aliphatic carbocycles. The van der Waals surface area contributed by atoms with Gasteiger partial charge in [0, 0.05) is 67.1 Å². The van der Waals surface area contributed by atoms with Gasteiger partial charge in [0.1, 0.15) is 23.5 Å². The molecule has 0 fully saturated rings. The Morgan fingerprint density at radius 1 is 0.417 bits per heavy atom. The van der Waals surface area contributed by atoms with Crippen LogP contribution in [-0.2, 0) is 0 Å². The summed E-state index contributed by atoms with van der Waals surface area (Å²) in [6.45, 7) is 49.9. The lowest BCUT2D eigenvalue weighted by atomic mass is 10.5. The Balaban J connectivity index is -0.0000000577. The molecular formula is C64H118N12O4S4. The molecule has 10 heterocycles. The Kier molecular flexibility index (Phi) is 212. The lowest BCUT2D eigenvalue weighted by Crippen LogP contribution is -1.60. The van der Waals surface area contributed by atoms with E-state index < -0.39 is 0 Å². The molecule has 0 amide bonds. The summed E-state index contributed by atoms with van der Waals surface area (Å²) in [5.74, 6) is 0. The van der Waals surface area contributed by atoms with Gasteiger partial charge in [-0.3, -0.25) is 9.98 Å². The Labute approximate surface area is 530 Å². The third-order valence-electron chi connectivity index (χ3n) is 4.73. The molecule has 0 radical (unpaired) electrons. The molecule has 16 nitrogen and oxygen atoms in total. The normalized spacial score (nSPS) is 8.35. The van der Waals surface area contributed by atoms with Gasteiger partial charge in [-0.15, -0.1) is 43.1 Å². The molecule has 0 bridgehead atoms. The summed E-state index contributed by atoms with van der Waals surface area (Å²) in [6.07, 6.45) is 42.3. The average molecular weight is 1250 g/mol. The maximum absolute atomic E-state index is 6.39. The van der Waals surface area contributed by atoms with E-state index in [1.807, 2.05) is 243 Å². The minimum absolute atomic E-state index is 0.917. The van der Waals surface area contributed by atoms with Crippen LogP contribution in [0, 0.1) is 5.41 Å². The number of oxazole rings is 1. The Morgan fingerprint density at radius 3 is 1.10 bits per heavy atom. The number of hydrogen-bond donors (Lipinski definition) is 1. The molecule has 20 heteroatoms. The maximum Gasteiger partial charge on any atom is 0.203 e. The van der Waals surface area contributed by atoms with E-state index in [4.69, 9.17) is 5.41 Å². The van der Waals surface area contributed by atoms with Gasteiger partial charge in [-0.05, 0) is 66.0 Å². The van der Waals surface area contributed by atoms with Crippen molar-refractivity contribution in [2.24, 2.45) is 15.2 Å². The summed E-state index contributed by atoms with van der Waals surface area (Å²) in [7, 11) is 0. The molecule has 0 atom stereocenters. The fourth-order valence-corrected chi connectivity index (χ4v) is 3.89. The second kappa shape index (κ2) is 164. The topological polar surface area (TPSA) is 217 Å². The van der Waals surface area contributed by atoms with Crippen molar-refractivity contribution < 1.29 is 17.8 Å². The standard InChI is InChI=1S/C5H6.C4H5N.C4H7N.C4H4O.C4H4S.C3H4N2.2C3H3NO.2C3H3NS.C2H2N2O.C2H2N2S.12C2H6/c2*1-2-4-5-3-1;1-2-3-4-5;3*1-2-4-5-3-1;1-2-5-3-4-1;1-2-4-5-3-1;1-2-5-3-4-1;1-2-4-5-3-1;2*1-3-4-2-5-1;12*1-2/h1-4H,5H2;1,3-4H,2H2;2-5H,1H3;2*1-4H;2-3H,1H2;4*1-3H;2*1-2H;12*1-2H3/b;;3-2-,5-4?;;;;;;;;;;;;;;;;;;;;;. The van der Waals surface area contributed by atoms with Gasteiger partial charge in [0.25, 0.3) is 0 Å². The smallest absolute Gasteiger partial charge is 0.203 e. The fourth-order valence-electron chi connectivity index (χ4n) is 2.46. The molecule has 482 valence electrons. The molecule has 0 saturated heterocycles. The first-order valence-corrected chi connectivity index (χ1v) is 32.9. The van der Waals surface area contributed by atoms with Crippen molar-refractivity contribution in [3.63, 3.8) is 0 Å². The van der Waals surface area contributed by atoms with E-state index in [0.717, 1.165) is 19.3 Å². The third kappa shape index (κ3) is 164. The van der Waals surface area contributed by atoms with E-state index in [1.54, 1.807) is 107 Å². The van der Waals surface area contributed by atoms with Crippen molar-refractivity contribution in [3.8, 4) is 0 Å². The summed E-state index contributed by atoms with van der Waals surface area (Å²) in [4.78, 5) is 11.1. The van der Waals surface area contributed by atoms with Gasteiger partial charge in [-0.25, -0.2) is 9.36 Å². The number of rotatable bonds is 1. The highest BCUT2D eigenvalue weighted by Crippen LogP contribution is 1.93. The Hall–Kier alpha value is -7.00. The quantitative estimate of drug-likeness (QED) is 0.152. The summed E-state index contributed by atoms with van der Waals surface area (Å²) in [5.41, 5.74) is 5.15. The van der Waals surface area contributed by atoms with E-state index in [1.165, 1.54) is 60.8 Å². The van der Waals surface area contributed by atoms with Crippen LogP contribution in [0.1, 0.15) is 192 Å². The number of furan rings is 1. The maximum atomic E-state index is 6.39. The molecule has 11 rings (SSSR count). The highest BCUT2D eigenvalue weighted by molar-refractivity contribution is 7.08. The van der Waals surface area contributed by atoms with E-state index in [0.29, 0.717) is 0 Å². The molecule has 0 saturated carbocycles. The minimum atomic E-state index is 0.917. The lowest BCUT2D eigenvalue weighted by Gasteiger charge is -1.57. The third-order valence-corrected chi connectivity index (χ3v) is 6.83. The number of aliphatic imine (C=N–C) groups is 1. The zero-order chi connectivity index (χ0) is 67.0. The van der Waals surface area contributed by atoms with E-state index >= 15 is 0 Å². The summed E-state index contributed by atoms with van der Waals surface area (Å²) >= 11 is 6.27. The monoisotopic (exact) mass is 1250 g/mol. The van der Waals surface area contributed by atoms with Gasteiger partial charge in [0.15, 0.2) is 6.39 Å². The summed E-state index contributed by atoms with van der Waals surface area (Å²) in [5, 5.41) is 38.3. The first-order chi connectivity index (χ1) is 41.9. The van der Waals surface area contributed by atoms with Crippen molar-refractivity contribution in [1.82, 2.24) is 39.9 Å². The van der Waals surface area contributed by atoms with Crippen molar-refractivity contribution in [2.75, 3.05) is 0 Å². The van der Waals surface area contributed by atoms with Crippen molar-refractivity contribution >= 4 is 70.4 Å². The van der Waals surface area contributed by atoms with Crippen LogP contribution >= 0.6 is 45.5 Å². The lowest BCUT2D eigenvalue weighted by molar-refractivity contribution is 0.420. The van der Waals surface area contributed by atoms with Gasteiger partial charge in [0.05, 0.1) is 30.4 Å². The average Bonchev–Trinajstić information content (AvgIpc) is 4.45. The molecule has 3 aliphatic rings. The van der Waals surface area contributed by atoms with Crippen molar-refractivity contribution in [1.29, 1.82) is 5.41 Å². The fraction of sp³-hybridized carbons (Fsp3) is 0.438. The number of aromatic nitrogens is 8. The summed E-state index contributed by atoms with van der Waals surface area (Å²) < 4.78 is 21.5. The van der Waals surface area contributed by atoms with E-state index in [9.17, 15) is 0 Å². The zero-order valence-electron chi connectivity index (χ0n) is 56.6. The number of thiazole rings is 1.